The van der Waals surface area contributed by atoms with Crippen molar-refractivity contribution in [1.29, 1.82) is 0 Å². The fraction of sp³-hybridized carbons (Fsp3) is 0.0476. The highest BCUT2D eigenvalue weighted by Crippen LogP contribution is 2.36. The van der Waals surface area contributed by atoms with Gasteiger partial charge in [-0.3, -0.25) is 0 Å². The molecule has 122 valence electrons. The van der Waals surface area contributed by atoms with E-state index in [1.165, 1.54) is 0 Å². The highest BCUT2D eigenvalue weighted by atomic mass is 16.1. The van der Waals surface area contributed by atoms with Crippen molar-refractivity contribution in [3.8, 4) is 11.1 Å². The van der Waals surface area contributed by atoms with Crippen LogP contribution in [0.15, 0.2) is 73.1 Å². The molecule has 1 unspecified atom stereocenters. The molecule has 1 aliphatic rings. The van der Waals surface area contributed by atoms with E-state index < -0.39 is 6.04 Å². The maximum Gasteiger partial charge on any atom is 0.146 e. The van der Waals surface area contributed by atoms with E-state index in [1.807, 2.05) is 79.1 Å². The van der Waals surface area contributed by atoms with E-state index in [4.69, 9.17) is 0 Å². The van der Waals surface area contributed by atoms with Gasteiger partial charge < -0.3 is 15.4 Å². The number of aromatic nitrogens is 1. The summed E-state index contributed by atoms with van der Waals surface area (Å²) in [6, 6.07) is 19.5. The molecule has 4 heteroatoms. The molecule has 0 bridgehead atoms. The number of hydrogen-bond donors (Lipinski definition) is 2. The molecular formula is C21H17N3O. The van der Waals surface area contributed by atoms with Gasteiger partial charge in [-0.1, -0.05) is 48.5 Å². The first-order valence-electron chi connectivity index (χ1n) is 8.15. The highest BCUT2D eigenvalue weighted by Gasteiger charge is 2.24. The van der Waals surface area contributed by atoms with Crippen molar-refractivity contribution in [2.45, 2.75) is 6.04 Å². The monoisotopic (exact) mass is 327 g/mol. The minimum absolute atomic E-state index is 0.428. The van der Waals surface area contributed by atoms with Crippen molar-refractivity contribution < 1.29 is 4.79 Å². The zero-order valence-corrected chi connectivity index (χ0v) is 13.5. The van der Waals surface area contributed by atoms with Gasteiger partial charge in [0, 0.05) is 23.0 Å². The number of nitrogens with zero attached hydrogens (tertiary/aromatic N) is 1. The van der Waals surface area contributed by atoms with Gasteiger partial charge in [0.15, 0.2) is 0 Å². The lowest BCUT2D eigenvalue weighted by molar-refractivity contribution is -0.109. The van der Waals surface area contributed by atoms with Gasteiger partial charge in [-0.05, 0) is 35.5 Å². The lowest BCUT2D eigenvalue weighted by Gasteiger charge is -2.24. The molecule has 0 spiro atoms. The maximum absolute atomic E-state index is 11.6. The number of fused-ring (bicyclic) bond motifs is 1. The standard InChI is InChI=1S/C21H17N3O/c25-14-19-20-17(11-12-22-19)18(15-7-3-1-4-8-15)13-23-21(20)24-16-9-5-2-6-10-16/h1-14,19,22H,(H,23,24). The molecule has 1 aliphatic heterocycles. The van der Waals surface area contributed by atoms with Gasteiger partial charge in [-0.15, -0.1) is 0 Å². The third kappa shape index (κ3) is 2.90. The zero-order valence-electron chi connectivity index (χ0n) is 13.5. The number of nitrogens with one attached hydrogen (secondary N) is 2. The van der Waals surface area contributed by atoms with Gasteiger partial charge in [0.05, 0.1) is 0 Å². The summed E-state index contributed by atoms with van der Waals surface area (Å²) in [5.41, 5.74) is 4.90. The molecule has 0 fully saturated rings. The fourth-order valence-electron chi connectivity index (χ4n) is 3.07. The molecule has 2 N–H and O–H groups in total. The molecule has 2 aromatic carbocycles. The van der Waals surface area contributed by atoms with Crippen LogP contribution in [0.1, 0.15) is 17.2 Å². The second-order valence-corrected chi connectivity index (χ2v) is 5.82. The number of rotatable bonds is 4. The summed E-state index contributed by atoms with van der Waals surface area (Å²) < 4.78 is 0. The average Bonchev–Trinajstić information content (AvgIpc) is 2.69. The number of carbonyl (C=O) groups excluding carboxylic acids is 1. The molecule has 25 heavy (non-hydrogen) atoms. The van der Waals surface area contributed by atoms with Crippen molar-refractivity contribution in [2.75, 3.05) is 5.32 Å². The molecule has 1 aromatic heterocycles. The van der Waals surface area contributed by atoms with Gasteiger partial charge in [0.25, 0.3) is 0 Å². The molecule has 0 amide bonds. The van der Waals surface area contributed by atoms with Crippen molar-refractivity contribution in [3.63, 3.8) is 0 Å². The normalized spacial score (nSPS) is 15.1. The Balaban J connectivity index is 1.87. The molecule has 0 saturated carbocycles. The van der Waals surface area contributed by atoms with Crippen LogP contribution in [0.25, 0.3) is 17.2 Å². The number of benzene rings is 2. The van der Waals surface area contributed by atoms with Gasteiger partial charge in [0.1, 0.15) is 18.1 Å². The molecule has 0 radical (unpaired) electrons. The first-order valence-corrected chi connectivity index (χ1v) is 8.15. The van der Waals surface area contributed by atoms with E-state index in [1.54, 1.807) is 0 Å². The van der Waals surface area contributed by atoms with Crippen LogP contribution in [0.5, 0.6) is 0 Å². The Bertz CT molecular complexity index is 921. The molecule has 0 saturated heterocycles. The Kier molecular flexibility index (Phi) is 4.01. The van der Waals surface area contributed by atoms with Crippen molar-refractivity contribution in [1.82, 2.24) is 10.3 Å². The van der Waals surface area contributed by atoms with E-state index in [-0.39, 0.29) is 0 Å². The predicted molar refractivity (Wildman–Crippen MR) is 100 cm³/mol. The SMILES string of the molecule is O=CC1NC=Cc2c(-c3ccccc3)cnc(Nc3ccccc3)c21. The number of hydrogen-bond acceptors (Lipinski definition) is 4. The molecule has 2 heterocycles. The van der Waals surface area contributed by atoms with Crippen molar-refractivity contribution >= 4 is 23.9 Å². The number of carbonyl (C=O) groups is 1. The molecular weight excluding hydrogens is 310 g/mol. The quantitative estimate of drug-likeness (QED) is 0.701. The maximum atomic E-state index is 11.6. The third-order valence-electron chi connectivity index (χ3n) is 4.25. The molecule has 1 atom stereocenters. The van der Waals surface area contributed by atoms with E-state index in [9.17, 15) is 4.79 Å². The lowest BCUT2D eigenvalue weighted by Crippen LogP contribution is -2.23. The highest BCUT2D eigenvalue weighted by molar-refractivity contribution is 5.85. The molecule has 4 rings (SSSR count). The summed E-state index contributed by atoms with van der Waals surface area (Å²) in [7, 11) is 0. The predicted octanol–water partition coefficient (Wildman–Crippen LogP) is 4.31. The minimum Gasteiger partial charge on any atom is -0.378 e. The van der Waals surface area contributed by atoms with E-state index in [0.29, 0.717) is 5.82 Å². The van der Waals surface area contributed by atoms with E-state index >= 15 is 0 Å². The lowest BCUT2D eigenvalue weighted by atomic mass is 9.92. The van der Waals surface area contributed by atoms with E-state index in [0.717, 1.165) is 34.2 Å². The van der Waals surface area contributed by atoms with Crippen LogP contribution in [0.2, 0.25) is 0 Å². The first kappa shape index (κ1) is 15.1. The minimum atomic E-state index is -0.428. The molecule has 3 aromatic rings. The summed E-state index contributed by atoms with van der Waals surface area (Å²) in [4.78, 5) is 16.2. The summed E-state index contributed by atoms with van der Waals surface area (Å²) >= 11 is 0. The van der Waals surface area contributed by atoms with Crippen LogP contribution in [0.4, 0.5) is 11.5 Å². The van der Waals surface area contributed by atoms with Crippen LogP contribution in [0.3, 0.4) is 0 Å². The summed E-state index contributed by atoms with van der Waals surface area (Å²) in [6.45, 7) is 0. The van der Waals surface area contributed by atoms with E-state index in [2.05, 4.69) is 15.6 Å². The number of aldehydes is 1. The zero-order chi connectivity index (χ0) is 17.1. The smallest absolute Gasteiger partial charge is 0.146 e. The molecule has 0 aliphatic carbocycles. The second kappa shape index (κ2) is 6.61. The summed E-state index contributed by atoms with van der Waals surface area (Å²) in [5, 5.41) is 6.43. The third-order valence-corrected chi connectivity index (χ3v) is 4.25. The number of anilines is 2. The van der Waals surface area contributed by atoms with Crippen LogP contribution in [-0.2, 0) is 4.79 Å². The van der Waals surface area contributed by atoms with Gasteiger partial charge >= 0.3 is 0 Å². The average molecular weight is 327 g/mol. The summed E-state index contributed by atoms with van der Waals surface area (Å²) in [6.07, 6.45) is 6.58. The van der Waals surface area contributed by atoms with Gasteiger partial charge in [0.2, 0.25) is 0 Å². The number of para-hydroxylation sites is 1. The van der Waals surface area contributed by atoms with Crippen LogP contribution in [0, 0.1) is 0 Å². The van der Waals surface area contributed by atoms with Crippen LogP contribution < -0.4 is 10.6 Å². The largest absolute Gasteiger partial charge is 0.378 e. The van der Waals surface area contributed by atoms with Crippen LogP contribution >= 0.6 is 0 Å². The van der Waals surface area contributed by atoms with Crippen molar-refractivity contribution in [2.24, 2.45) is 0 Å². The number of pyridine rings is 1. The Morgan fingerprint density at radius 2 is 1.72 bits per heavy atom. The van der Waals surface area contributed by atoms with Crippen LogP contribution in [-0.4, -0.2) is 11.3 Å². The van der Waals surface area contributed by atoms with Gasteiger partial charge in [-0.25, -0.2) is 4.98 Å². The first-order chi connectivity index (χ1) is 12.4. The Morgan fingerprint density at radius 1 is 1.00 bits per heavy atom. The van der Waals surface area contributed by atoms with Crippen molar-refractivity contribution in [3.05, 3.63) is 84.2 Å². The Hall–Kier alpha value is -3.40. The van der Waals surface area contributed by atoms with Gasteiger partial charge in [-0.2, -0.15) is 0 Å². The molecule has 4 nitrogen and oxygen atoms in total. The summed E-state index contributed by atoms with van der Waals surface area (Å²) in [5.74, 6) is 0.690. The fourth-order valence-corrected chi connectivity index (χ4v) is 3.07. The topological polar surface area (TPSA) is 54.0 Å². The Morgan fingerprint density at radius 3 is 2.44 bits per heavy atom. The Labute approximate surface area is 146 Å². The second-order valence-electron chi connectivity index (χ2n) is 5.82.